The van der Waals surface area contributed by atoms with E-state index in [9.17, 15) is 0 Å². The Hall–Kier alpha value is -1.98. The van der Waals surface area contributed by atoms with E-state index in [1.54, 1.807) is 0 Å². The van der Waals surface area contributed by atoms with E-state index in [2.05, 4.69) is 72.1 Å². The fourth-order valence-electron chi connectivity index (χ4n) is 3.17. The molecule has 2 aliphatic rings. The number of benzene rings is 2. The lowest BCUT2D eigenvalue weighted by molar-refractivity contribution is -0.216. The van der Waals surface area contributed by atoms with Crippen molar-refractivity contribution in [3.8, 4) is 0 Å². The van der Waals surface area contributed by atoms with Crippen LogP contribution in [0.15, 0.2) is 72.8 Å². The molecule has 2 saturated heterocycles. The maximum Gasteiger partial charge on any atom is 0.123 e. The molecule has 0 spiro atoms. The average Bonchev–Trinajstić information content (AvgIpc) is 3.47. The van der Waals surface area contributed by atoms with Crippen LogP contribution in [0.4, 0.5) is 0 Å². The summed E-state index contributed by atoms with van der Waals surface area (Å²) < 4.78 is 5.41. The summed E-state index contributed by atoms with van der Waals surface area (Å²) in [6.07, 6.45) is 4.33. The maximum atomic E-state index is 6.24. The Morgan fingerprint density at radius 1 is 1.00 bits per heavy atom. The summed E-state index contributed by atoms with van der Waals surface area (Å²) in [5, 5.41) is 5.53. The molecule has 1 N–H and O–H groups in total. The molecule has 2 aromatic carbocycles. The third kappa shape index (κ3) is 4.35. The van der Waals surface area contributed by atoms with E-state index in [0.29, 0.717) is 12.1 Å². The molecule has 0 saturated carbocycles. The van der Waals surface area contributed by atoms with Crippen LogP contribution in [0.1, 0.15) is 23.3 Å². The molecule has 2 aromatic rings. The quantitative estimate of drug-likeness (QED) is 0.649. The minimum absolute atomic E-state index is 0.0712. The van der Waals surface area contributed by atoms with Crippen LogP contribution in [-0.4, -0.2) is 37.4 Å². The predicted octanol–water partition coefficient (Wildman–Crippen LogP) is 3.26. The van der Waals surface area contributed by atoms with E-state index >= 15 is 0 Å². The van der Waals surface area contributed by atoms with Gasteiger partial charge in [0.05, 0.1) is 19.3 Å². The van der Waals surface area contributed by atoms with E-state index in [-0.39, 0.29) is 6.10 Å². The van der Waals surface area contributed by atoms with Crippen LogP contribution in [-0.2, 0) is 9.57 Å². The largest absolute Gasteiger partial charge is 0.379 e. The van der Waals surface area contributed by atoms with Crippen LogP contribution >= 0.6 is 0 Å². The van der Waals surface area contributed by atoms with Gasteiger partial charge in [-0.1, -0.05) is 72.8 Å². The fraction of sp³-hybridized carbons (Fsp3) is 0.333. The Morgan fingerprint density at radius 3 is 2.40 bits per heavy atom. The second-order valence-electron chi connectivity index (χ2n) is 6.44. The van der Waals surface area contributed by atoms with Crippen LogP contribution in [0.3, 0.4) is 0 Å². The lowest BCUT2D eigenvalue weighted by Gasteiger charge is -2.29. The van der Waals surface area contributed by atoms with Crippen molar-refractivity contribution in [1.82, 2.24) is 10.4 Å². The summed E-state index contributed by atoms with van der Waals surface area (Å²) in [6, 6.07) is 21.7. The lowest BCUT2D eigenvalue weighted by atomic mass is 10.1. The number of nitrogens with zero attached hydrogens (tertiary/aromatic N) is 1. The van der Waals surface area contributed by atoms with Gasteiger partial charge in [0.15, 0.2) is 0 Å². The molecule has 25 heavy (non-hydrogen) atoms. The molecular formula is C21H24N2O2. The summed E-state index contributed by atoms with van der Waals surface area (Å²) in [7, 11) is 0. The maximum absolute atomic E-state index is 6.24. The zero-order valence-electron chi connectivity index (χ0n) is 14.3. The summed E-state index contributed by atoms with van der Waals surface area (Å²) >= 11 is 0. The highest BCUT2D eigenvalue weighted by Gasteiger charge is 2.35. The van der Waals surface area contributed by atoms with Gasteiger partial charge in [0.1, 0.15) is 6.10 Å². The first-order valence-corrected chi connectivity index (χ1v) is 8.94. The van der Waals surface area contributed by atoms with E-state index in [1.165, 1.54) is 11.1 Å². The van der Waals surface area contributed by atoms with E-state index < -0.39 is 0 Å². The van der Waals surface area contributed by atoms with E-state index in [1.807, 2.05) is 11.1 Å². The molecule has 4 nitrogen and oxygen atoms in total. The molecule has 3 atom stereocenters. The van der Waals surface area contributed by atoms with Crippen molar-refractivity contribution in [3.05, 3.63) is 83.9 Å². The fourth-order valence-corrected chi connectivity index (χ4v) is 3.17. The van der Waals surface area contributed by atoms with Crippen molar-refractivity contribution in [1.29, 1.82) is 0 Å². The molecule has 130 valence electrons. The first kappa shape index (κ1) is 16.5. The van der Waals surface area contributed by atoms with Gasteiger partial charge in [-0.2, -0.15) is 5.06 Å². The molecule has 0 unspecified atom stereocenters. The molecular weight excluding hydrogens is 312 g/mol. The highest BCUT2D eigenvalue weighted by molar-refractivity contribution is 5.30. The smallest absolute Gasteiger partial charge is 0.123 e. The third-order valence-corrected chi connectivity index (χ3v) is 4.63. The number of ether oxygens (including phenoxy) is 1. The van der Waals surface area contributed by atoms with Crippen molar-refractivity contribution in [2.24, 2.45) is 0 Å². The number of hydrogen-bond donors (Lipinski definition) is 1. The Morgan fingerprint density at radius 2 is 1.68 bits per heavy atom. The van der Waals surface area contributed by atoms with E-state index in [0.717, 1.165) is 26.3 Å². The van der Waals surface area contributed by atoms with Crippen LogP contribution in [0, 0.1) is 0 Å². The number of nitrogens with one attached hydrogen (secondary N) is 1. The summed E-state index contributed by atoms with van der Waals surface area (Å²) in [5.74, 6) is 0. The Labute approximate surface area is 149 Å². The second kappa shape index (κ2) is 7.93. The number of hydrogen-bond acceptors (Lipinski definition) is 4. The molecule has 4 rings (SSSR count). The molecule has 0 amide bonds. The van der Waals surface area contributed by atoms with Crippen molar-refractivity contribution >= 4 is 0 Å². The molecule has 2 fully saturated rings. The zero-order valence-corrected chi connectivity index (χ0v) is 14.3. The highest BCUT2D eigenvalue weighted by Crippen LogP contribution is 2.31. The Bertz CT molecular complexity index is 684. The van der Waals surface area contributed by atoms with Crippen LogP contribution < -0.4 is 5.32 Å². The zero-order chi connectivity index (χ0) is 16.9. The van der Waals surface area contributed by atoms with Crippen molar-refractivity contribution in [3.63, 3.8) is 0 Å². The summed E-state index contributed by atoms with van der Waals surface area (Å²) in [6.45, 7) is 3.08. The van der Waals surface area contributed by atoms with Gasteiger partial charge in [0.2, 0.25) is 0 Å². The summed E-state index contributed by atoms with van der Waals surface area (Å²) in [4.78, 5) is 6.24. The average molecular weight is 336 g/mol. The Balaban J connectivity index is 1.43. The van der Waals surface area contributed by atoms with Crippen molar-refractivity contribution in [2.45, 2.75) is 18.2 Å². The molecule has 2 heterocycles. The monoisotopic (exact) mass is 336 g/mol. The van der Waals surface area contributed by atoms with Crippen LogP contribution in [0.25, 0.3) is 0 Å². The first-order valence-electron chi connectivity index (χ1n) is 8.94. The second-order valence-corrected chi connectivity index (χ2v) is 6.44. The van der Waals surface area contributed by atoms with Gasteiger partial charge in [0, 0.05) is 19.1 Å². The third-order valence-electron chi connectivity index (χ3n) is 4.63. The number of morpholine rings is 1. The van der Waals surface area contributed by atoms with Gasteiger partial charge < -0.3 is 10.1 Å². The van der Waals surface area contributed by atoms with E-state index in [4.69, 9.17) is 9.57 Å². The predicted molar refractivity (Wildman–Crippen MR) is 97.9 cm³/mol. The molecule has 0 aliphatic carbocycles. The van der Waals surface area contributed by atoms with Gasteiger partial charge >= 0.3 is 0 Å². The Kier molecular flexibility index (Phi) is 5.23. The van der Waals surface area contributed by atoms with Crippen molar-refractivity contribution < 1.29 is 9.57 Å². The normalized spacial score (nSPS) is 25.1. The standard InChI is InChI=1S/C21H24N2O2/c1-3-7-17(8-4-1)20(25-23-13-15-24-16-14-23)12-11-19-21(22-19)18-9-5-2-6-10-18/h1-12,19-22H,13-16H2/t19-,20-,21+/m1/s1. The summed E-state index contributed by atoms with van der Waals surface area (Å²) in [5.41, 5.74) is 2.50. The number of rotatable bonds is 6. The number of hydroxylamine groups is 2. The van der Waals surface area contributed by atoms with Gasteiger partial charge in [-0.15, -0.1) is 0 Å². The van der Waals surface area contributed by atoms with Crippen LogP contribution in [0.5, 0.6) is 0 Å². The van der Waals surface area contributed by atoms with Crippen LogP contribution in [0.2, 0.25) is 0 Å². The lowest BCUT2D eigenvalue weighted by Crippen LogP contribution is -2.37. The molecule has 0 aromatic heterocycles. The molecule has 2 aliphatic heterocycles. The topological polar surface area (TPSA) is 43.6 Å². The van der Waals surface area contributed by atoms with Gasteiger partial charge in [-0.25, -0.2) is 0 Å². The van der Waals surface area contributed by atoms with Gasteiger partial charge in [0.25, 0.3) is 0 Å². The SMILES string of the molecule is C(=C[C@H]1N[C@H]1c1ccccc1)[C@@H](ON1CCOCC1)c1ccccc1. The van der Waals surface area contributed by atoms with Crippen molar-refractivity contribution in [2.75, 3.05) is 26.3 Å². The molecule has 0 bridgehead atoms. The molecule has 4 heteroatoms. The minimum atomic E-state index is -0.0712. The van der Waals surface area contributed by atoms with Gasteiger partial charge in [-0.3, -0.25) is 4.84 Å². The minimum Gasteiger partial charge on any atom is -0.379 e. The van der Waals surface area contributed by atoms with Gasteiger partial charge in [-0.05, 0) is 11.1 Å². The highest BCUT2D eigenvalue weighted by atomic mass is 16.7. The molecule has 0 radical (unpaired) electrons. The first-order chi connectivity index (χ1) is 12.4.